The second-order valence-electron chi connectivity index (χ2n) is 7.50. The number of aromatic nitrogens is 3. The summed E-state index contributed by atoms with van der Waals surface area (Å²) in [7, 11) is 2.55. The first kappa shape index (κ1) is 21.8. The van der Waals surface area contributed by atoms with Gasteiger partial charge in [0.1, 0.15) is 17.9 Å². The van der Waals surface area contributed by atoms with Gasteiger partial charge in [-0.05, 0) is 24.3 Å². The summed E-state index contributed by atoms with van der Waals surface area (Å²) in [6.45, 7) is -0.998. The van der Waals surface area contributed by atoms with Gasteiger partial charge in [0.25, 0.3) is 5.56 Å². The molecule has 2 heterocycles. The zero-order valence-corrected chi connectivity index (χ0v) is 17.9. The summed E-state index contributed by atoms with van der Waals surface area (Å²) in [5.74, 6) is -1.88. The standard InChI is InChI=1S/C23H20N4O6/c1-25-21(24)19(22(31)26(2)23(25)32)17(28)12-33-18(29)11-27-15-9-5-3-7-13(15)20(30)14-8-4-6-10-16(14)27/h3-10H,11-12,24H2,1-2H3. The monoisotopic (exact) mass is 448 g/mol. The summed E-state index contributed by atoms with van der Waals surface area (Å²) in [6, 6.07) is 13.8. The Labute approximate surface area is 186 Å². The number of rotatable bonds is 5. The molecule has 0 radical (unpaired) electrons. The minimum atomic E-state index is -0.867. The van der Waals surface area contributed by atoms with E-state index in [-0.39, 0.29) is 17.8 Å². The number of hydrogen-bond donors (Lipinski definition) is 1. The molecular weight excluding hydrogens is 428 g/mol. The number of nitrogens with zero attached hydrogens (tertiary/aromatic N) is 3. The summed E-state index contributed by atoms with van der Waals surface area (Å²) in [4.78, 5) is 62.3. The largest absolute Gasteiger partial charge is 0.456 e. The number of pyridine rings is 1. The van der Waals surface area contributed by atoms with E-state index in [1.807, 2.05) is 0 Å². The number of hydrogen-bond acceptors (Lipinski definition) is 7. The molecular formula is C23H20N4O6. The molecule has 0 amide bonds. The topological polar surface area (TPSA) is 135 Å². The second-order valence-corrected chi connectivity index (χ2v) is 7.50. The molecule has 10 heteroatoms. The summed E-state index contributed by atoms with van der Waals surface area (Å²) >= 11 is 0. The van der Waals surface area contributed by atoms with Gasteiger partial charge in [-0.3, -0.25) is 28.3 Å². The number of nitrogens with two attached hydrogens (primary N) is 1. The molecule has 2 aromatic heterocycles. The van der Waals surface area contributed by atoms with Gasteiger partial charge in [0.15, 0.2) is 12.0 Å². The summed E-state index contributed by atoms with van der Waals surface area (Å²) in [5, 5.41) is 0.892. The lowest BCUT2D eigenvalue weighted by atomic mass is 10.1. The Bertz CT molecular complexity index is 1570. The van der Waals surface area contributed by atoms with Gasteiger partial charge in [-0.2, -0.15) is 0 Å². The van der Waals surface area contributed by atoms with Crippen molar-refractivity contribution < 1.29 is 14.3 Å². The number of ether oxygens (including phenoxy) is 1. The number of fused-ring (bicyclic) bond motifs is 2. The lowest BCUT2D eigenvalue weighted by Gasteiger charge is -2.15. The molecule has 0 aliphatic rings. The van der Waals surface area contributed by atoms with E-state index >= 15 is 0 Å². The summed E-state index contributed by atoms with van der Waals surface area (Å²) < 4.78 is 8.49. The fourth-order valence-corrected chi connectivity index (χ4v) is 3.76. The summed E-state index contributed by atoms with van der Waals surface area (Å²) in [6.07, 6.45) is 0. The van der Waals surface area contributed by atoms with Crippen LogP contribution < -0.4 is 22.4 Å². The van der Waals surface area contributed by atoms with Gasteiger partial charge in [-0.1, -0.05) is 24.3 Å². The molecule has 10 nitrogen and oxygen atoms in total. The molecule has 0 saturated heterocycles. The number of benzene rings is 2. The normalized spacial score (nSPS) is 11.1. The minimum absolute atomic E-state index is 0.151. The summed E-state index contributed by atoms with van der Waals surface area (Å²) in [5.41, 5.74) is 4.74. The number of Topliss-reactive ketones (excluding diaryl/α,β-unsaturated/α-hetero) is 1. The predicted molar refractivity (Wildman–Crippen MR) is 122 cm³/mol. The van der Waals surface area contributed by atoms with Crippen molar-refractivity contribution in [2.75, 3.05) is 12.3 Å². The molecule has 168 valence electrons. The quantitative estimate of drug-likeness (QED) is 0.268. The van der Waals surface area contributed by atoms with Crippen molar-refractivity contribution in [3.8, 4) is 0 Å². The maximum Gasteiger partial charge on any atom is 0.332 e. The van der Waals surface area contributed by atoms with Crippen molar-refractivity contribution in [1.82, 2.24) is 13.7 Å². The van der Waals surface area contributed by atoms with Crippen molar-refractivity contribution in [2.24, 2.45) is 14.1 Å². The van der Waals surface area contributed by atoms with E-state index in [1.165, 1.54) is 14.1 Å². The number of ketones is 1. The number of para-hydroxylation sites is 2. The maximum absolute atomic E-state index is 12.8. The molecule has 0 unspecified atom stereocenters. The van der Waals surface area contributed by atoms with E-state index in [0.717, 1.165) is 9.13 Å². The fraction of sp³-hybridized carbons (Fsp3) is 0.174. The molecule has 0 atom stereocenters. The van der Waals surface area contributed by atoms with Crippen LogP contribution >= 0.6 is 0 Å². The van der Waals surface area contributed by atoms with E-state index < -0.39 is 35.2 Å². The van der Waals surface area contributed by atoms with E-state index in [9.17, 15) is 24.0 Å². The van der Waals surface area contributed by atoms with E-state index in [2.05, 4.69) is 0 Å². The van der Waals surface area contributed by atoms with E-state index in [1.54, 1.807) is 53.1 Å². The Hall–Kier alpha value is -4.47. The lowest BCUT2D eigenvalue weighted by Crippen LogP contribution is -2.42. The number of esters is 1. The number of carbonyl (C=O) groups is 2. The third kappa shape index (κ3) is 3.61. The van der Waals surface area contributed by atoms with Gasteiger partial charge < -0.3 is 15.0 Å². The minimum Gasteiger partial charge on any atom is -0.456 e. The van der Waals surface area contributed by atoms with Crippen LogP contribution in [0.5, 0.6) is 0 Å². The molecule has 0 aliphatic heterocycles. The van der Waals surface area contributed by atoms with Crippen LogP contribution in [-0.4, -0.2) is 32.1 Å². The van der Waals surface area contributed by atoms with Gasteiger partial charge >= 0.3 is 11.7 Å². The Kier molecular flexibility index (Phi) is 5.42. The Morgan fingerprint density at radius 2 is 1.42 bits per heavy atom. The van der Waals surface area contributed by atoms with Crippen LogP contribution in [-0.2, 0) is 30.2 Å². The molecule has 2 N–H and O–H groups in total. The van der Waals surface area contributed by atoms with Crippen LogP contribution in [0.2, 0.25) is 0 Å². The Balaban J connectivity index is 1.64. The lowest BCUT2D eigenvalue weighted by molar-refractivity contribution is -0.143. The maximum atomic E-state index is 12.8. The van der Waals surface area contributed by atoms with Gasteiger partial charge in [0, 0.05) is 24.9 Å². The zero-order chi connectivity index (χ0) is 23.9. The molecule has 0 bridgehead atoms. The second kappa shape index (κ2) is 8.23. The van der Waals surface area contributed by atoms with E-state index in [4.69, 9.17) is 10.5 Å². The number of carbonyl (C=O) groups excluding carboxylic acids is 2. The smallest absolute Gasteiger partial charge is 0.332 e. The highest BCUT2D eigenvalue weighted by Crippen LogP contribution is 2.19. The van der Waals surface area contributed by atoms with Crippen LogP contribution in [0.1, 0.15) is 10.4 Å². The molecule has 4 aromatic rings. The molecule has 4 rings (SSSR count). The highest BCUT2D eigenvalue weighted by molar-refractivity contribution is 6.01. The Morgan fingerprint density at radius 1 is 0.879 bits per heavy atom. The van der Waals surface area contributed by atoms with Crippen LogP contribution in [0.15, 0.2) is 62.9 Å². The first-order valence-electron chi connectivity index (χ1n) is 9.97. The van der Waals surface area contributed by atoms with E-state index in [0.29, 0.717) is 21.8 Å². The molecule has 33 heavy (non-hydrogen) atoms. The first-order chi connectivity index (χ1) is 15.7. The SMILES string of the molecule is Cn1c(N)c(C(=O)COC(=O)Cn2c3ccccc3c(=O)c3ccccc32)c(=O)n(C)c1=O. The highest BCUT2D eigenvalue weighted by atomic mass is 16.5. The van der Waals surface area contributed by atoms with Crippen LogP contribution in [0.3, 0.4) is 0 Å². The Morgan fingerprint density at radius 3 is 2.00 bits per heavy atom. The molecule has 2 aromatic carbocycles. The molecule has 0 fully saturated rings. The third-order valence-corrected chi connectivity index (χ3v) is 5.52. The first-order valence-corrected chi connectivity index (χ1v) is 9.97. The predicted octanol–water partition coefficient (Wildman–Crippen LogP) is 0.560. The van der Waals surface area contributed by atoms with Gasteiger partial charge in [-0.25, -0.2) is 4.79 Å². The zero-order valence-electron chi connectivity index (χ0n) is 17.9. The highest BCUT2D eigenvalue weighted by Gasteiger charge is 2.22. The average Bonchev–Trinajstić information content (AvgIpc) is 2.83. The van der Waals surface area contributed by atoms with Gasteiger partial charge in [0.2, 0.25) is 5.78 Å². The van der Waals surface area contributed by atoms with Crippen molar-refractivity contribution in [2.45, 2.75) is 6.54 Å². The van der Waals surface area contributed by atoms with Crippen molar-refractivity contribution in [3.05, 3.63) is 85.2 Å². The molecule has 0 spiro atoms. The van der Waals surface area contributed by atoms with Crippen molar-refractivity contribution in [1.29, 1.82) is 0 Å². The van der Waals surface area contributed by atoms with Crippen molar-refractivity contribution in [3.63, 3.8) is 0 Å². The third-order valence-electron chi connectivity index (χ3n) is 5.52. The average molecular weight is 448 g/mol. The van der Waals surface area contributed by atoms with Crippen LogP contribution in [0.25, 0.3) is 21.8 Å². The van der Waals surface area contributed by atoms with Gasteiger partial charge in [-0.15, -0.1) is 0 Å². The number of anilines is 1. The molecule has 0 aliphatic carbocycles. The fourth-order valence-electron chi connectivity index (χ4n) is 3.76. The number of nitrogen functional groups attached to an aromatic ring is 1. The van der Waals surface area contributed by atoms with Gasteiger partial charge in [0.05, 0.1) is 11.0 Å². The molecule has 0 saturated carbocycles. The van der Waals surface area contributed by atoms with Crippen LogP contribution in [0, 0.1) is 0 Å². The van der Waals surface area contributed by atoms with Crippen molar-refractivity contribution >= 4 is 39.4 Å². The van der Waals surface area contributed by atoms with Crippen LogP contribution in [0.4, 0.5) is 5.82 Å².